The number of alkyl halides is 3. The fourth-order valence-electron chi connectivity index (χ4n) is 2.51. The van der Waals surface area contributed by atoms with Gasteiger partial charge in [-0.25, -0.2) is 31.3 Å². The van der Waals surface area contributed by atoms with Crippen LogP contribution < -0.4 is 4.72 Å². The number of rotatable bonds is 6. The lowest BCUT2D eigenvalue weighted by Crippen LogP contribution is -2.38. The van der Waals surface area contributed by atoms with Gasteiger partial charge in [-0.15, -0.1) is 10.2 Å². The summed E-state index contributed by atoms with van der Waals surface area (Å²) in [6.07, 6.45) is -0.694. The lowest BCUT2D eigenvalue weighted by atomic mass is 10.3. The van der Waals surface area contributed by atoms with Crippen molar-refractivity contribution in [1.29, 1.82) is 0 Å². The van der Waals surface area contributed by atoms with Crippen molar-refractivity contribution in [2.45, 2.75) is 29.7 Å². The highest BCUT2D eigenvalue weighted by Crippen LogP contribution is 2.37. The first-order chi connectivity index (χ1) is 12.7. The minimum atomic E-state index is -3.99. The van der Waals surface area contributed by atoms with E-state index in [9.17, 15) is 21.6 Å². The van der Waals surface area contributed by atoms with Gasteiger partial charge in [0.05, 0.1) is 16.0 Å². The second-order valence-corrected chi connectivity index (χ2v) is 9.16. The fraction of sp³-hybridized carbons (Fsp3) is 0.357. The minimum absolute atomic E-state index is 0.0538. The van der Waals surface area contributed by atoms with E-state index in [1.807, 2.05) is 0 Å². The smallest absolute Gasteiger partial charge is 0.291 e. The van der Waals surface area contributed by atoms with Crippen molar-refractivity contribution in [3.63, 3.8) is 0 Å². The number of nitrogens with one attached hydrogen (secondary N) is 1. The molecule has 0 radical (unpaired) electrons. The van der Waals surface area contributed by atoms with Crippen LogP contribution in [0.15, 0.2) is 23.2 Å². The standard InChI is InChI=1S/C14H11ClF3N5O2S2/c15-9-8-2-1-7(27(24,25)22-14(6-16)3-4-14)5-23(8)11(19-9)13-21-20-12(26-13)10(17)18/h1-2,5,10,22H,3-4,6H2. The molecule has 1 fully saturated rings. The van der Waals surface area contributed by atoms with Crippen molar-refractivity contribution < 1.29 is 21.6 Å². The number of sulfonamides is 1. The molecule has 1 saturated carbocycles. The van der Waals surface area contributed by atoms with Crippen LogP contribution in [0.4, 0.5) is 13.2 Å². The molecule has 144 valence electrons. The maximum atomic E-state index is 13.1. The molecule has 0 spiro atoms. The van der Waals surface area contributed by atoms with Crippen LogP contribution in [0.25, 0.3) is 16.3 Å². The highest BCUT2D eigenvalue weighted by Gasteiger charge is 2.46. The average molecular weight is 438 g/mol. The number of imidazole rings is 1. The number of nitrogens with zero attached hydrogens (tertiary/aromatic N) is 4. The van der Waals surface area contributed by atoms with Gasteiger partial charge in [0.2, 0.25) is 10.0 Å². The van der Waals surface area contributed by atoms with Crippen molar-refractivity contribution in [3.05, 3.63) is 28.5 Å². The van der Waals surface area contributed by atoms with Gasteiger partial charge in [0.15, 0.2) is 21.0 Å². The van der Waals surface area contributed by atoms with Gasteiger partial charge < -0.3 is 0 Å². The molecular weight excluding hydrogens is 427 g/mol. The summed E-state index contributed by atoms with van der Waals surface area (Å²) in [6, 6.07) is 2.74. The molecule has 4 rings (SSSR count). The Morgan fingerprint density at radius 3 is 2.67 bits per heavy atom. The van der Waals surface area contributed by atoms with E-state index in [2.05, 4.69) is 19.9 Å². The van der Waals surface area contributed by atoms with Crippen molar-refractivity contribution in [1.82, 2.24) is 24.3 Å². The second-order valence-electron chi connectivity index (χ2n) is 6.11. The lowest BCUT2D eigenvalue weighted by Gasteiger charge is -2.14. The Labute approximate surface area is 160 Å². The summed E-state index contributed by atoms with van der Waals surface area (Å²) in [5.41, 5.74) is -0.680. The Bertz CT molecular complexity index is 1130. The van der Waals surface area contributed by atoms with Crippen LogP contribution in [0, 0.1) is 0 Å². The van der Waals surface area contributed by atoms with Gasteiger partial charge in [0.1, 0.15) is 6.67 Å². The zero-order chi connectivity index (χ0) is 19.4. The van der Waals surface area contributed by atoms with Gasteiger partial charge in [0.25, 0.3) is 6.43 Å². The molecule has 13 heteroatoms. The third-order valence-corrected chi connectivity index (χ3v) is 6.92. The minimum Gasteiger partial charge on any atom is -0.295 e. The summed E-state index contributed by atoms with van der Waals surface area (Å²) in [7, 11) is -3.99. The molecule has 0 aromatic carbocycles. The Morgan fingerprint density at radius 1 is 1.33 bits per heavy atom. The van der Waals surface area contributed by atoms with Gasteiger partial charge in [-0.1, -0.05) is 22.9 Å². The van der Waals surface area contributed by atoms with Gasteiger partial charge in [-0.2, -0.15) is 0 Å². The molecule has 0 unspecified atom stereocenters. The van der Waals surface area contributed by atoms with Crippen LogP contribution in [-0.4, -0.2) is 40.2 Å². The molecule has 0 atom stereocenters. The third kappa shape index (κ3) is 3.30. The summed E-state index contributed by atoms with van der Waals surface area (Å²) in [6.45, 7) is -0.794. The number of aromatic nitrogens is 4. The molecule has 1 aliphatic rings. The molecule has 0 aliphatic heterocycles. The van der Waals surface area contributed by atoms with Crippen molar-refractivity contribution in [3.8, 4) is 10.8 Å². The fourth-order valence-corrected chi connectivity index (χ4v) is 4.87. The van der Waals surface area contributed by atoms with E-state index in [1.54, 1.807) is 0 Å². The maximum Gasteiger partial charge on any atom is 0.291 e. The van der Waals surface area contributed by atoms with E-state index in [4.69, 9.17) is 11.6 Å². The third-order valence-electron chi connectivity index (χ3n) is 4.15. The van der Waals surface area contributed by atoms with Gasteiger partial charge in [0, 0.05) is 6.20 Å². The van der Waals surface area contributed by atoms with Crippen LogP contribution in [0.1, 0.15) is 24.3 Å². The highest BCUT2D eigenvalue weighted by atomic mass is 35.5. The van der Waals surface area contributed by atoms with Crippen LogP contribution in [-0.2, 0) is 10.0 Å². The number of pyridine rings is 1. The predicted octanol–water partition coefficient (Wildman–Crippen LogP) is 3.22. The van der Waals surface area contributed by atoms with Crippen LogP contribution in [0.5, 0.6) is 0 Å². The number of hydrogen-bond donors (Lipinski definition) is 1. The monoisotopic (exact) mass is 437 g/mol. The van der Waals surface area contributed by atoms with Crippen molar-refractivity contribution >= 4 is 38.5 Å². The molecule has 3 heterocycles. The van der Waals surface area contributed by atoms with Gasteiger partial charge >= 0.3 is 0 Å². The van der Waals surface area contributed by atoms with Crippen LogP contribution in [0.3, 0.4) is 0 Å². The van der Waals surface area contributed by atoms with E-state index in [-0.39, 0.29) is 20.9 Å². The first kappa shape index (κ1) is 18.6. The summed E-state index contributed by atoms with van der Waals surface area (Å²) in [5, 5.41) is 6.71. The second kappa shape index (κ2) is 6.40. The largest absolute Gasteiger partial charge is 0.295 e. The molecule has 0 amide bonds. The highest BCUT2D eigenvalue weighted by molar-refractivity contribution is 7.89. The molecule has 27 heavy (non-hydrogen) atoms. The molecule has 1 aliphatic carbocycles. The van der Waals surface area contributed by atoms with Crippen molar-refractivity contribution in [2.75, 3.05) is 6.67 Å². The van der Waals surface area contributed by atoms with E-state index in [0.29, 0.717) is 29.7 Å². The van der Waals surface area contributed by atoms with E-state index in [1.165, 1.54) is 22.7 Å². The Morgan fingerprint density at radius 2 is 2.07 bits per heavy atom. The molecule has 3 aromatic rings. The summed E-state index contributed by atoms with van der Waals surface area (Å²) >= 11 is 6.69. The number of halogens is 4. The van der Waals surface area contributed by atoms with E-state index < -0.39 is 33.7 Å². The first-order valence-electron chi connectivity index (χ1n) is 7.64. The Kier molecular flexibility index (Phi) is 4.41. The quantitative estimate of drug-likeness (QED) is 0.639. The maximum absolute atomic E-state index is 13.1. The zero-order valence-corrected chi connectivity index (χ0v) is 15.8. The predicted molar refractivity (Wildman–Crippen MR) is 92.3 cm³/mol. The molecular formula is C14H11ClF3N5O2S2. The average Bonchev–Trinajstić information content (AvgIpc) is 3.07. The summed E-state index contributed by atoms with van der Waals surface area (Å²) in [5.74, 6) is 0.0862. The number of hydrogen-bond acceptors (Lipinski definition) is 6. The van der Waals surface area contributed by atoms with E-state index >= 15 is 0 Å². The summed E-state index contributed by atoms with van der Waals surface area (Å²) < 4.78 is 67.4. The van der Waals surface area contributed by atoms with Crippen molar-refractivity contribution in [2.24, 2.45) is 0 Å². The van der Waals surface area contributed by atoms with Gasteiger partial charge in [-0.05, 0) is 25.0 Å². The van der Waals surface area contributed by atoms with Crippen LogP contribution >= 0.6 is 22.9 Å². The Balaban J connectivity index is 1.79. The molecule has 1 N–H and O–H groups in total. The topological polar surface area (TPSA) is 89.2 Å². The van der Waals surface area contributed by atoms with E-state index in [0.717, 1.165) is 0 Å². The SMILES string of the molecule is O=S(=O)(NC1(CF)CC1)c1ccc2c(Cl)nc(-c3nnc(C(F)F)s3)n2c1. The van der Waals surface area contributed by atoms with Crippen LogP contribution in [0.2, 0.25) is 5.15 Å². The number of fused-ring (bicyclic) bond motifs is 1. The normalized spacial score (nSPS) is 16.3. The lowest BCUT2D eigenvalue weighted by molar-refractivity contribution is 0.150. The molecule has 7 nitrogen and oxygen atoms in total. The Hall–Kier alpha value is -1.76. The molecule has 3 aromatic heterocycles. The molecule has 0 bridgehead atoms. The van der Waals surface area contributed by atoms with Gasteiger partial charge in [-0.3, -0.25) is 4.40 Å². The zero-order valence-electron chi connectivity index (χ0n) is 13.4. The summed E-state index contributed by atoms with van der Waals surface area (Å²) in [4.78, 5) is 3.94. The molecule has 0 saturated heterocycles. The first-order valence-corrected chi connectivity index (χ1v) is 10.3.